The van der Waals surface area contributed by atoms with E-state index >= 15 is 0 Å². The van der Waals surface area contributed by atoms with E-state index in [1.807, 2.05) is 20.9 Å². The number of tetrazole rings is 1. The zero-order valence-corrected chi connectivity index (χ0v) is 14.1. The summed E-state index contributed by atoms with van der Waals surface area (Å²) in [5.74, 6) is 0.681. The van der Waals surface area contributed by atoms with Crippen LogP contribution in [0.1, 0.15) is 40.0 Å². The summed E-state index contributed by atoms with van der Waals surface area (Å²) < 4.78 is 6.82. The molecule has 0 amide bonds. The van der Waals surface area contributed by atoms with E-state index in [2.05, 4.69) is 27.8 Å². The normalized spacial score (nSPS) is 13.9. The first-order valence-corrected chi connectivity index (χ1v) is 8.29. The van der Waals surface area contributed by atoms with Crippen LogP contribution in [0, 0.1) is 0 Å². The lowest BCUT2D eigenvalue weighted by molar-refractivity contribution is -0.150. The van der Waals surface area contributed by atoms with Gasteiger partial charge in [-0.3, -0.25) is 4.79 Å². The second kappa shape index (κ2) is 8.99. The Hall–Kier alpha value is -1.15. The van der Waals surface area contributed by atoms with Crippen LogP contribution < -0.4 is 5.32 Å². The van der Waals surface area contributed by atoms with E-state index in [1.54, 1.807) is 16.4 Å². The number of aryl methyl sites for hydroxylation is 1. The van der Waals surface area contributed by atoms with Crippen LogP contribution >= 0.6 is 11.8 Å². The van der Waals surface area contributed by atoms with Gasteiger partial charge in [-0.05, 0) is 50.1 Å². The molecule has 0 saturated heterocycles. The molecular weight excluding hydrogens is 290 g/mol. The third-order valence-electron chi connectivity index (χ3n) is 3.12. The number of hydrogen-bond acceptors (Lipinski definition) is 7. The van der Waals surface area contributed by atoms with Crippen LogP contribution in [0.3, 0.4) is 0 Å². The summed E-state index contributed by atoms with van der Waals surface area (Å²) in [4.78, 5) is 12.1. The Bertz CT molecular complexity index is 440. The number of aromatic nitrogens is 4. The quantitative estimate of drug-likeness (QED) is 0.397. The monoisotopic (exact) mass is 315 g/mol. The highest BCUT2D eigenvalue weighted by atomic mass is 32.2. The first kappa shape index (κ1) is 17.9. The molecule has 0 saturated carbocycles. The standard InChI is InChI=1S/C13H25N5O2S/c1-5-9-14-13(3,11(19)20-6-2)8-7-10-21-12-15-16-17-18(12)4/h14H,5-10H2,1-4H3. The van der Waals surface area contributed by atoms with Gasteiger partial charge in [-0.2, -0.15) is 0 Å². The second-order valence-corrected chi connectivity index (χ2v) is 6.08. The number of nitrogens with one attached hydrogen (secondary N) is 1. The molecule has 0 radical (unpaired) electrons. The van der Waals surface area contributed by atoms with Crippen molar-refractivity contribution in [3.8, 4) is 0 Å². The van der Waals surface area contributed by atoms with Gasteiger partial charge in [0.05, 0.1) is 6.61 Å². The van der Waals surface area contributed by atoms with Crippen LogP contribution in [-0.4, -0.2) is 50.6 Å². The third-order valence-corrected chi connectivity index (χ3v) is 4.22. The maximum absolute atomic E-state index is 12.1. The largest absolute Gasteiger partial charge is 0.465 e. The molecule has 1 rings (SSSR count). The lowest BCUT2D eigenvalue weighted by Gasteiger charge is -2.28. The summed E-state index contributed by atoms with van der Waals surface area (Å²) in [7, 11) is 1.81. The smallest absolute Gasteiger partial charge is 0.326 e. The molecule has 1 aromatic rings. The Morgan fingerprint density at radius 1 is 1.48 bits per heavy atom. The van der Waals surface area contributed by atoms with Crippen LogP contribution in [-0.2, 0) is 16.6 Å². The third kappa shape index (κ3) is 5.62. The molecule has 8 heteroatoms. The van der Waals surface area contributed by atoms with Gasteiger partial charge in [0.25, 0.3) is 0 Å². The molecular formula is C13H25N5O2S. The summed E-state index contributed by atoms with van der Waals surface area (Å²) in [5, 5.41) is 15.4. The van der Waals surface area contributed by atoms with Crippen molar-refractivity contribution in [2.75, 3.05) is 18.9 Å². The highest BCUT2D eigenvalue weighted by molar-refractivity contribution is 7.99. The average molecular weight is 315 g/mol. The Morgan fingerprint density at radius 2 is 2.24 bits per heavy atom. The van der Waals surface area contributed by atoms with Gasteiger partial charge in [-0.1, -0.05) is 18.7 Å². The maximum atomic E-state index is 12.1. The van der Waals surface area contributed by atoms with E-state index in [-0.39, 0.29) is 5.97 Å². The summed E-state index contributed by atoms with van der Waals surface area (Å²) in [5.41, 5.74) is -0.620. The fourth-order valence-corrected chi connectivity index (χ4v) is 2.68. The lowest BCUT2D eigenvalue weighted by Crippen LogP contribution is -2.50. The second-order valence-electron chi connectivity index (χ2n) is 5.02. The van der Waals surface area contributed by atoms with E-state index in [0.717, 1.165) is 36.7 Å². The van der Waals surface area contributed by atoms with E-state index in [4.69, 9.17) is 4.74 Å². The molecule has 1 heterocycles. The molecule has 0 aliphatic carbocycles. The minimum absolute atomic E-state index is 0.177. The van der Waals surface area contributed by atoms with Gasteiger partial charge in [0, 0.05) is 12.8 Å². The summed E-state index contributed by atoms with van der Waals surface area (Å²) >= 11 is 1.59. The van der Waals surface area contributed by atoms with Crippen molar-refractivity contribution in [1.29, 1.82) is 0 Å². The highest BCUT2D eigenvalue weighted by Crippen LogP contribution is 2.20. The number of carbonyl (C=O) groups excluding carboxylic acids is 1. The van der Waals surface area contributed by atoms with Gasteiger partial charge in [-0.25, -0.2) is 4.68 Å². The summed E-state index contributed by atoms with van der Waals surface area (Å²) in [6.45, 7) is 7.02. The molecule has 1 aromatic heterocycles. The number of ether oxygens (including phenoxy) is 1. The van der Waals surface area contributed by atoms with Crippen LogP contribution in [0.4, 0.5) is 0 Å². The van der Waals surface area contributed by atoms with E-state index in [1.165, 1.54) is 0 Å². The van der Waals surface area contributed by atoms with Gasteiger partial charge >= 0.3 is 5.97 Å². The SMILES string of the molecule is CCCNC(C)(CCCSc1nnnn1C)C(=O)OCC. The molecule has 0 aromatic carbocycles. The lowest BCUT2D eigenvalue weighted by atomic mass is 9.96. The van der Waals surface area contributed by atoms with Gasteiger partial charge < -0.3 is 10.1 Å². The molecule has 7 nitrogen and oxygen atoms in total. The van der Waals surface area contributed by atoms with Crippen molar-refractivity contribution in [3.05, 3.63) is 0 Å². The first-order valence-electron chi connectivity index (χ1n) is 7.31. The molecule has 0 aliphatic rings. The number of nitrogens with zero attached hydrogens (tertiary/aromatic N) is 4. The zero-order chi connectivity index (χ0) is 15.7. The van der Waals surface area contributed by atoms with Crippen LogP contribution in [0.15, 0.2) is 5.16 Å². The number of carbonyl (C=O) groups is 1. The number of hydrogen-bond donors (Lipinski definition) is 1. The van der Waals surface area contributed by atoms with Crippen LogP contribution in [0.2, 0.25) is 0 Å². The Kier molecular flexibility index (Phi) is 7.66. The number of rotatable bonds is 10. The average Bonchev–Trinajstić information content (AvgIpc) is 2.87. The summed E-state index contributed by atoms with van der Waals surface area (Å²) in [6.07, 6.45) is 2.59. The van der Waals surface area contributed by atoms with Gasteiger partial charge in [0.2, 0.25) is 5.16 Å². The van der Waals surface area contributed by atoms with E-state index < -0.39 is 5.54 Å². The van der Waals surface area contributed by atoms with Crippen LogP contribution in [0.5, 0.6) is 0 Å². The van der Waals surface area contributed by atoms with Gasteiger partial charge in [-0.15, -0.1) is 5.10 Å². The Balaban J connectivity index is 2.45. The van der Waals surface area contributed by atoms with Crippen molar-refractivity contribution < 1.29 is 9.53 Å². The fraction of sp³-hybridized carbons (Fsp3) is 0.846. The van der Waals surface area contributed by atoms with Gasteiger partial charge in [0.15, 0.2) is 0 Å². The van der Waals surface area contributed by atoms with E-state index in [0.29, 0.717) is 6.61 Å². The predicted octanol–water partition coefficient (Wildman–Crippen LogP) is 1.40. The minimum Gasteiger partial charge on any atom is -0.465 e. The number of thioether (sulfide) groups is 1. The van der Waals surface area contributed by atoms with Crippen molar-refractivity contribution in [3.63, 3.8) is 0 Å². The minimum atomic E-state index is -0.620. The molecule has 1 atom stereocenters. The topological polar surface area (TPSA) is 81.9 Å². The molecule has 1 unspecified atom stereocenters. The van der Waals surface area contributed by atoms with Crippen LogP contribution in [0.25, 0.3) is 0 Å². The molecule has 0 aliphatic heterocycles. The van der Waals surface area contributed by atoms with Crippen molar-refractivity contribution in [2.45, 2.75) is 50.7 Å². The molecule has 0 spiro atoms. The van der Waals surface area contributed by atoms with Crippen molar-refractivity contribution in [1.82, 2.24) is 25.5 Å². The molecule has 1 N–H and O–H groups in total. The van der Waals surface area contributed by atoms with Gasteiger partial charge in [0.1, 0.15) is 5.54 Å². The highest BCUT2D eigenvalue weighted by Gasteiger charge is 2.33. The number of esters is 1. The first-order chi connectivity index (χ1) is 10.0. The predicted molar refractivity (Wildman–Crippen MR) is 82.1 cm³/mol. The Labute approximate surface area is 130 Å². The van der Waals surface area contributed by atoms with Crippen molar-refractivity contribution >= 4 is 17.7 Å². The molecule has 0 fully saturated rings. The molecule has 0 bridgehead atoms. The molecule has 120 valence electrons. The Morgan fingerprint density at radius 3 is 2.81 bits per heavy atom. The fourth-order valence-electron chi connectivity index (χ4n) is 1.89. The van der Waals surface area contributed by atoms with E-state index in [9.17, 15) is 4.79 Å². The zero-order valence-electron chi connectivity index (χ0n) is 13.3. The summed E-state index contributed by atoms with van der Waals surface area (Å²) in [6, 6.07) is 0. The maximum Gasteiger partial charge on any atom is 0.326 e. The van der Waals surface area contributed by atoms with Crippen molar-refractivity contribution in [2.24, 2.45) is 7.05 Å². The molecule has 21 heavy (non-hydrogen) atoms.